The predicted octanol–water partition coefficient (Wildman–Crippen LogP) is 6.00. The minimum Gasteiger partial charge on any atom is -0.507 e. The summed E-state index contributed by atoms with van der Waals surface area (Å²) in [6.45, 7) is 1.99. The Kier molecular flexibility index (Phi) is 5.71. The molecule has 1 aliphatic heterocycles. The summed E-state index contributed by atoms with van der Waals surface area (Å²) in [5, 5.41) is 11.6. The average Bonchev–Trinajstić information content (AvgIpc) is 3.37. The second-order valence-electron chi connectivity index (χ2n) is 7.92. The maximum Gasteiger partial charge on any atom is 0.301 e. The first-order valence-corrected chi connectivity index (χ1v) is 12.1. The van der Waals surface area contributed by atoms with Crippen molar-refractivity contribution in [2.45, 2.75) is 13.0 Å². The van der Waals surface area contributed by atoms with Gasteiger partial charge in [0.2, 0.25) is 0 Å². The van der Waals surface area contributed by atoms with E-state index < -0.39 is 17.7 Å². The Balaban J connectivity index is 1.72. The molecule has 1 unspecified atom stereocenters. The van der Waals surface area contributed by atoms with Crippen LogP contribution >= 0.6 is 27.3 Å². The monoisotopic (exact) mass is 534 g/mol. The summed E-state index contributed by atoms with van der Waals surface area (Å²) in [4.78, 5) is 32.6. The third kappa shape index (κ3) is 3.78. The number of ether oxygens (including phenoxy) is 1. The zero-order valence-electron chi connectivity index (χ0n) is 18.3. The molecule has 1 amide bonds. The van der Waals surface area contributed by atoms with Gasteiger partial charge in [-0.15, -0.1) is 0 Å². The lowest BCUT2D eigenvalue weighted by molar-refractivity contribution is -0.132. The zero-order valence-corrected chi connectivity index (χ0v) is 20.7. The van der Waals surface area contributed by atoms with E-state index in [1.165, 1.54) is 16.2 Å². The van der Waals surface area contributed by atoms with Gasteiger partial charge >= 0.3 is 5.91 Å². The van der Waals surface area contributed by atoms with Crippen molar-refractivity contribution in [1.82, 2.24) is 4.98 Å². The molecule has 1 aromatic heterocycles. The van der Waals surface area contributed by atoms with Gasteiger partial charge in [-0.25, -0.2) is 4.98 Å². The van der Waals surface area contributed by atoms with Crippen LogP contribution in [-0.4, -0.2) is 28.9 Å². The van der Waals surface area contributed by atoms with Crippen molar-refractivity contribution in [3.05, 3.63) is 93.5 Å². The zero-order chi connectivity index (χ0) is 24.0. The van der Waals surface area contributed by atoms with Crippen molar-refractivity contribution >= 4 is 60.1 Å². The number of fused-ring (bicyclic) bond motifs is 1. The summed E-state index contributed by atoms with van der Waals surface area (Å²) in [5.74, 6) is -1.07. The molecule has 34 heavy (non-hydrogen) atoms. The first-order valence-electron chi connectivity index (χ1n) is 10.5. The summed E-state index contributed by atoms with van der Waals surface area (Å²) < 4.78 is 7.02. The maximum atomic E-state index is 13.3. The molecule has 3 aromatic carbocycles. The number of aromatic nitrogens is 1. The lowest BCUT2D eigenvalue weighted by Crippen LogP contribution is -2.29. The average molecular weight is 535 g/mol. The lowest BCUT2D eigenvalue weighted by atomic mass is 9.95. The van der Waals surface area contributed by atoms with E-state index in [4.69, 9.17) is 4.74 Å². The van der Waals surface area contributed by atoms with Gasteiger partial charge in [-0.05, 0) is 54.4 Å². The van der Waals surface area contributed by atoms with Crippen LogP contribution in [0.4, 0.5) is 5.13 Å². The maximum absolute atomic E-state index is 13.3. The molecular weight excluding hydrogens is 516 g/mol. The molecule has 0 saturated carbocycles. The van der Waals surface area contributed by atoms with E-state index in [0.717, 1.165) is 20.3 Å². The van der Waals surface area contributed by atoms with Crippen molar-refractivity contribution in [3.63, 3.8) is 0 Å². The van der Waals surface area contributed by atoms with Crippen LogP contribution in [0, 0.1) is 6.92 Å². The smallest absolute Gasteiger partial charge is 0.301 e. The number of aliphatic hydroxyl groups excluding tert-OH is 1. The van der Waals surface area contributed by atoms with Crippen molar-refractivity contribution in [3.8, 4) is 5.75 Å². The molecule has 4 aromatic rings. The standard InChI is InChI=1S/C26H19BrN2O4S/c1-14-3-12-19-20(13-14)34-26(28-19)29-22(15-6-10-18(33-2)11-7-15)21(24(31)25(29)32)23(30)16-4-8-17(27)9-5-16/h3-13,22,30H,1-2H3/b23-21+. The Labute approximate surface area is 208 Å². The van der Waals surface area contributed by atoms with Crippen molar-refractivity contribution in [2.75, 3.05) is 12.0 Å². The topological polar surface area (TPSA) is 79.7 Å². The quantitative estimate of drug-likeness (QED) is 0.197. The van der Waals surface area contributed by atoms with Crippen LogP contribution in [0.3, 0.4) is 0 Å². The number of anilines is 1. The number of aryl methyl sites for hydroxylation is 1. The van der Waals surface area contributed by atoms with E-state index in [9.17, 15) is 14.7 Å². The fourth-order valence-corrected chi connectivity index (χ4v) is 5.37. The SMILES string of the molecule is COc1ccc(C2/C(=C(\O)c3ccc(Br)cc3)C(=O)C(=O)N2c2nc3ccc(C)cc3s2)cc1. The van der Waals surface area contributed by atoms with Crippen molar-refractivity contribution in [2.24, 2.45) is 0 Å². The molecule has 1 aliphatic rings. The molecule has 0 radical (unpaired) electrons. The van der Waals surface area contributed by atoms with Gasteiger partial charge in [-0.3, -0.25) is 14.5 Å². The Morgan fingerprint density at radius 1 is 1.06 bits per heavy atom. The number of carbonyl (C=O) groups excluding carboxylic acids is 2. The van der Waals surface area contributed by atoms with Gasteiger partial charge < -0.3 is 9.84 Å². The normalized spacial score (nSPS) is 17.5. The highest BCUT2D eigenvalue weighted by atomic mass is 79.9. The second kappa shape index (κ2) is 8.70. The van der Waals surface area contributed by atoms with Crippen LogP contribution in [0.1, 0.15) is 22.7 Å². The molecule has 1 N–H and O–H groups in total. The fourth-order valence-electron chi connectivity index (χ4n) is 4.02. The molecule has 0 aliphatic carbocycles. The van der Waals surface area contributed by atoms with Gasteiger partial charge in [0.1, 0.15) is 11.5 Å². The lowest BCUT2D eigenvalue weighted by Gasteiger charge is -2.23. The summed E-state index contributed by atoms with van der Waals surface area (Å²) in [7, 11) is 1.57. The molecule has 1 atom stereocenters. The molecule has 6 nitrogen and oxygen atoms in total. The molecule has 2 heterocycles. The number of hydrogen-bond donors (Lipinski definition) is 1. The van der Waals surface area contributed by atoms with E-state index in [1.807, 2.05) is 25.1 Å². The summed E-state index contributed by atoms with van der Waals surface area (Å²) in [6.07, 6.45) is 0. The largest absolute Gasteiger partial charge is 0.507 e. The molecular formula is C26H19BrN2O4S. The Bertz CT molecular complexity index is 1460. The van der Waals surface area contributed by atoms with E-state index in [-0.39, 0.29) is 11.3 Å². The van der Waals surface area contributed by atoms with Gasteiger partial charge in [0.15, 0.2) is 5.13 Å². The molecule has 0 spiro atoms. The molecule has 170 valence electrons. The minimum absolute atomic E-state index is 0.0212. The number of halogens is 1. The van der Waals surface area contributed by atoms with Gasteiger partial charge in [-0.1, -0.05) is 57.6 Å². The Morgan fingerprint density at radius 2 is 1.76 bits per heavy atom. The van der Waals surface area contributed by atoms with Gasteiger partial charge in [0.05, 0.1) is 28.9 Å². The molecule has 1 fully saturated rings. The van der Waals surface area contributed by atoms with Crippen LogP contribution in [0.25, 0.3) is 16.0 Å². The first kappa shape index (κ1) is 22.3. The number of hydrogen-bond acceptors (Lipinski definition) is 6. The number of benzene rings is 3. The Morgan fingerprint density at radius 3 is 2.44 bits per heavy atom. The van der Waals surface area contributed by atoms with Crippen LogP contribution < -0.4 is 9.64 Å². The number of ketones is 1. The molecule has 8 heteroatoms. The van der Waals surface area contributed by atoms with Crippen LogP contribution in [0.15, 0.2) is 76.8 Å². The highest BCUT2D eigenvalue weighted by molar-refractivity contribution is 9.10. The summed E-state index contributed by atoms with van der Waals surface area (Å²) in [5.41, 5.74) is 2.95. The predicted molar refractivity (Wildman–Crippen MR) is 136 cm³/mol. The number of carbonyl (C=O) groups is 2. The molecule has 1 saturated heterocycles. The van der Waals surface area contributed by atoms with Gasteiger partial charge in [0, 0.05) is 10.0 Å². The van der Waals surface area contributed by atoms with Crippen LogP contribution in [-0.2, 0) is 9.59 Å². The molecule has 0 bridgehead atoms. The number of amides is 1. The number of methoxy groups -OCH3 is 1. The highest BCUT2D eigenvalue weighted by Gasteiger charge is 2.48. The second-order valence-corrected chi connectivity index (χ2v) is 9.84. The third-order valence-electron chi connectivity index (χ3n) is 5.73. The summed E-state index contributed by atoms with van der Waals surface area (Å²) >= 11 is 4.72. The van der Waals surface area contributed by atoms with Gasteiger partial charge in [0.25, 0.3) is 5.78 Å². The van der Waals surface area contributed by atoms with Gasteiger partial charge in [-0.2, -0.15) is 0 Å². The Hall–Kier alpha value is -3.49. The number of Topliss-reactive ketones (excluding diaryl/α,β-unsaturated/α-hetero) is 1. The van der Waals surface area contributed by atoms with E-state index in [1.54, 1.807) is 55.6 Å². The third-order valence-corrected chi connectivity index (χ3v) is 7.28. The van der Waals surface area contributed by atoms with Crippen molar-refractivity contribution in [1.29, 1.82) is 0 Å². The highest BCUT2D eigenvalue weighted by Crippen LogP contribution is 2.44. The number of thiazole rings is 1. The van der Waals surface area contributed by atoms with Crippen LogP contribution in [0.2, 0.25) is 0 Å². The van der Waals surface area contributed by atoms with E-state index in [0.29, 0.717) is 22.0 Å². The summed E-state index contributed by atoms with van der Waals surface area (Å²) in [6, 6.07) is 19.0. The van der Waals surface area contributed by atoms with E-state index >= 15 is 0 Å². The first-order chi connectivity index (χ1) is 16.4. The number of aliphatic hydroxyl groups is 1. The molecule has 5 rings (SSSR count). The minimum atomic E-state index is -0.837. The van der Waals surface area contributed by atoms with Crippen LogP contribution in [0.5, 0.6) is 5.75 Å². The fraction of sp³-hybridized carbons (Fsp3) is 0.115. The van der Waals surface area contributed by atoms with Crippen molar-refractivity contribution < 1.29 is 19.4 Å². The number of rotatable bonds is 4. The van der Waals surface area contributed by atoms with E-state index in [2.05, 4.69) is 20.9 Å². The number of nitrogens with zero attached hydrogens (tertiary/aromatic N) is 2.